The van der Waals surface area contributed by atoms with Crippen LogP contribution in [0.25, 0.3) is 0 Å². The van der Waals surface area contributed by atoms with Crippen molar-refractivity contribution < 1.29 is 9.18 Å². The molecule has 2 N–H and O–H groups in total. The third kappa shape index (κ3) is 4.20. The summed E-state index contributed by atoms with van der Waals surface area (Å²) < 4.78 is 13.1. The van der Waals surface area contributed by atoms with Crippen molar-refractivity contribution in [3.05, 3.63) is 35.6 Å². The lowest BCUT2D eigenvalue weighted by Gasteiger charge is -2.39. The smallest absolute Gasteiger partial charge is 0.315 e. The Labute approximate surface area is 155 Å². The molecule has 2 saturated heterocycles. The molecule has 3 atom stereocenters. The zero-order chi connectivity index (χ0) is 17.9. The largest absolute Gasteiger partial charge is 0.335 e. The van der Waals surface area contributed by atoms with Crippen LogP contribution in [0.2, 0.25) is 0 Å². The molecule has 4 rings (SSSR count). The number of urea groups is 1. The third-order valence-electron chi connectivity index (χ3n) is 6.44. The van der Waals surface area contributed by atoms with Crippen LogP contribution in [-0.2, 0) is 6.54 Å². The molecule has 4 nitrogen and oxygen atoms in total. The van der Waals surface area contributed by atoms with E-state index in [2.05, 4.69) is 15.5 Å². The Kier molecular flexibility index (Phi) is 5.44. The van der Waals surface area contributed by atoms with Gasteiger partial charge in [0.1, 0.15) is 5.82 Å². The highest BCUT2D eigenvalue weighted by Gasteiger charge is 2.41. The Bertz CT molecular complexity index is 600. The predicted molar refractivity (Wildman–Crippen MR) is 100 cm³/mol. The molecule has 142 valence electrons. The quantitative estimate of drug-likeness (QED) is 0.855. The summed E-state index contributed by atoms with van der Waals surface area (Å²) in [5, 5.41) is 6.41. The number of piperidine rings is 1. The van der Waals surface area contributed by atoms with Gasteiger partial charge in [-0.1, -0.05) is 31.4 Å². The highest BCUT2D eigenvalue weighted by Crippen LogP contribution is 2.36. The summed E-state index contributed by atoms with van der Waals surface area (Å²) >= 11 is 0. The third-order valence-corrected chi connectivity index (χ3v) is 6.44. The molecule has 1 saturated carbocycles. The topological polar surface area (TPSA) is 44.4 Å². The van der Waals surface area contributed by atoms with Crippen molar-refractivity contribution in [2.75, 3.05) is 0 Å². The van der Waals surface area contributed by atoms with Crippen molar-refractivity contribution in [3.8, 4) is 0 Å². The summed E-state index contributed by atoms with van der Waals surface area (Å²) in [5.74, 6) is -0.177. The summed E-state index contributed by atoms with van der Waals surface area (Å²) in [6, 6.07) is 8.57. The Morgan fingerprint density at radius 1 is 0.923 bits per heavy atom. The van der Waals surface area contributed by atoms with E-state index >= 15 is 0 Å². The molecule has 2 aliphatic heterocycles. The van der Waals surface area contributed by atoms with E-state index in [-0.39, 0.29) is 17.9 Å². The number of carbonyl (C=O) groups is 1. The van der Waals surface area contributed by atoms with Crippen LogP contribution < -0.4 is 10.6 Å². The van der Waals surface area contributed by atoms with Gasteiger partial charge in [0.2, 0.25) is 0 Å². The van der Waals surface area contributed by atoms with Crippen LogP contribution in [0.1, 0.15) is 63.4 Å². The van der Waals surface area contributed by atoms with Gasteiger partial charge in [-0.3, -0.25) is 4.90 Å². The normalized spacial score (nSPS) is 29.5. The fourth-order valence-electron chi connectivity index (χ4n) is 5.11. The van der Waals surface area contributed by atoms with Crippen LogP contribution in [0.3, 0.4) is 0 Å². The number of fused-ring (bicyclic) bond motifs is 2. The molecule has 1 aromatic rings. The summed E-state index contributed by atoms with van der Waals surface area (Å²) in [4.78, 5) is 14.9. The Morgan fingerprint density at radius 3 is 2.19 bits per heavy atom. The summed E-state index contributed by atoms with van der Waals surface area (Å²) in [7, 11) is 0. The van der Waals surface area contributed by atoms with Crippen LogP contribution in [0.15, 0.2) is 24.3 Å². The van der Waals surface area contributed by atoms with E-state index in [1.54, 1.807) is 12.1 Å². The van der Waals surface area contributed by atoms with E-state index in [9.17, 15) is 9.18 Å². The minimum Gasteiger partial charge on any atom is -0.335 e. The van der Waals surface area contributed by atoms with E-state index in [0.717, 1.165) is 32.2 Å². The molecular formula is C21H30FN3O. The second kappa shape index (κ2) is 7.95. The molecule has 1 unspecified atom stereocenters. The molecule has 5 heteroatoms. The minimum atomic E-state index is -0.177. The Morgan fingerprint density at radius 2 is 1.54 bits per heavy atom. The van der Waals surface area contributed by atoms with Crippen LogP contribution >= 0.6 is 0 Å². The van der Waals surface area contributed by atoms with E-state index < -0.39 is 0 Å². The first-order chi connectivity index (χ1) is 12.7. The second-order valence-electron chi connectivity index (χ2n) is 8.30. The number of amides is 2. The molecule has 0 radical (unpaired) electrons. The standard InChI is InChI=1S/C21H30FN3O/c22-16-8-6-15(7-9-16)14-25-19-10-11-20(25)13-18(12-19)24-21(26)23-17-4-2-1-3-5-17/h6-9,17-20H,1-5,10-14H2,(H2,23,24,26)/t18?,19-,20+. The van der Waals surface area contributed by atoms with Crippen LogP contribution in [-0.4, -0.2) is 35.1 Å². The van der Waals surface area contributed by atoms with Gasteiger partial charge in [-0.2, -0.15) is 0 Å². The van der Waals surface area contributed by atoms with Crippen LogP contribution in [0, 0.1) is 5.82 Å². The lowest BCUT2D eigenvalue weighted by Crippen LogP contribution is -2.53. The molecule has 2 amide bonds. The lowest BCUT2D eigenvalue weighted by atomic mass is 9.95. The number of nitrogens with zero attached hydrogens (tertiary/aromatic N) is 1. The first-order valence-corrected chi connectivity index (χ1v) is 10.2. The summed E-state index contributed by atoms with van der Waals surface area (Å²) in [6.45, 7) is 0.886. The van der Waals surface area contributed by atoms with Crippen LogP contribution in [0.4, 0.5) is 9.18 Å². The monoisotopic (exact) mass is 359 g/mol. The molecule has 0 aromatic heterocycles. The van der Waals surface area contributed by atoms with Gasteiger partial charge in [0.05, 0.1) is 0 Å². The van der Waals surface area contributed by atoms with Gasteiger partial charge in [0, 0.05) is 30.7 Å². The Hall–Kier alpha value is -1.62. The first kappa shape index (κ1) is 17.8. The number of benzene rings is 1. The Balaban J connectivity index is 1.28. The van der Waals surface area contributed by atoms with E-state index in [1.165, 1.54) is 37.7 Å². The lowest BCUT2D eigenvalue weighted by molar-refractivity contribution is 0.111. The zero-order valence-electron chi connectivity index (χ0n) is 15.4. The predicted octanol–water partition coefficient (Wildman–Crippen LogP) is 3.95. The minimum absolute atomic E-state index is 0.0216. The van der Waals surface area contributed by atoms with Gasteiger partial charge in [-0.05, 0) is 56.2 Å². The number of nitrogens with one attached hydrogen (secondary N) is 2. The van der Waals surface area contributed by atoms with Crippen molar-refractivity contribution in [3.63, 3.8) is 0 Å². The molecule has 0 spiro atoms. The van der Waals surface area contributed by atoms with Crippen molar-refractivity contribution >= 4 is 6.03 Å². The van der Waals surface area contributed by atoms with E-state index in [4.69, 9.17) is 0 Å². The number of carbonyl (C=O) groups excluding carboxylic acids is 1. The molecule has 1 aromatic carbocycles. The zero-order valence-corrected chi connectivity index (χ0v) is 15.4. The van der Waals surface area contributed by atoms with Crippen molar-refractivity contribution in [2.45, 2.75) is 88.5 Å². The van der Waals surface area contributed by atoms with E-state index in [0.29, 0.717) is 18.1 Å². The van der Waals surface area contributed by atoms with E-state index in [1.807, 2.05) is 12.1 Å². The average Bonchev–Trinajstić information content (AvgIpc) is 2.86. The fraction of sp³-hybridized carbons (Fsp3) is 0.667. The first-order valence-electron chi connectivity index (χ1n) is 10.2. The molecule has 2 bridgehead atoms. The maximum absolute atomic E-state index is 13.1. The summed E-state index contributed by atoms with van der Waals surface area (Å²) in [6.07, 6.45) is 10.5. The molecule has 2 heterocycles. The van der Waals surface area contributed by atoms with Gasteiger partial charge in [-0.15, -0.1) is 0 Å². The summed E-state index contributed by atoms with van der Waals surface area (Å²) in [5.41, 5.74) is 1.17. The second-order valence-corrected chi connectivity index (χ2v) is 8.30. The van der Waals surface area contributed by atoms with Crippen molar-refractivity contribution in [1.82, 2.24) is 15.5 Å². The van der Waals surface area contributed by atoms with Crippen molar-refractivity contribution in [1.29, 1.82) is 0 Å². The maximum atomic E-state index is 13.1. The molecular weight excluding hydrogens is 329 g/mol. The van der Waals surface area contributed by atoms with Gasteiger partial charge in [-0.25, -0.2) is 9.18 Å². The van der Waals surface area contributed by atoms with Gasteiger partial charge in [0.15, 0.2) is 0 Å². The highest BCUT2D eigenvalue weighted by atomic mass is 19.1. The number of hydrogen-bond donors (Lipinski definition) is 2. The average molecular weight is 359 g/mol. The number of halogens is 1. The fourth-order valence-corrected chi connectivity index (χ4v) is 5.11. The molecule has 3 fully saturated rings. The molecule has 3 aliphatic rings. The van der Waals surface area contributed by atoms with Crippen LogP contribution in [0.5, 0.6) is 0 Å². The molecule has 26 heavy (non-hydrogen) atoms. The maximum Gasteiger partial charge on any atom is 0.315 e. The van der Waals surface area contributed by atoms with Gasteiger partial charge in [0.25, 0.3) is 0 Å². The van der Waals surface area contributed by atoms with Gasteiger partial charge < -0.3 is 10.6 Å². The SMILES string of the molecule is O=C(NC1CCCCC1)NC1C[C@H]2CC[C@@H](C1)N2Cc1ccc(F)cc1. The number of rotatable bonds is 4. The highest BCUT2D eigenvalue weighted by molar-refractivity contribution is 5.74. The number of hydrogen-bond acceptors (Lipinski definition) is 2. The van der Waals surface area contributed by atoms with Crippen molar-refractivity contribution in [2.24, 2.45) is 0 Å². The van der Waals surface area contributed by atoms with Gasteiger partial charge >= 0.3 is 6.03 Å². The molecule has 1 aliphatic carbocycles.